The van der Waals surface area contributed by atoms with Crippen molar-refractivity contribution in [3.63, 3.8) is 0 Å². The number of Topliss-reactive ketones (excluding diaryl/α,β-unsaturated/α-hetero) is 1. The lowest BCUT2D eigenvalue weighted by Crippen LogP contribution is -2.78. The molecule has 2 saturated heterocycles. The minimum atomic E-state index is -1.39. The monoisotopic (exact) mass is 454 g/mol. The van der Waals surface area contributed by atoms with Crippen LogP contribution >= 0.6 is 0 Å². The zero-order valence-corrected chi connectivity index (χ0v) is 18.7. The molecule has 1 spiro atoms. The molecule has 174 valence electrons. The third-order valence-corrected chi connectivity index (χ3v) is 9.49. The smallest absolute Gasteiger partial charge is 0.415 e. The molecule has 7 rings (SSSR count). The highest BCUT2D eigenvalue weighted by atomic mass is 16.7. The van der Waals surface area contributed by atoms with Crippen molar-refractivity contribution in [1.29, 1.82) is 0 Å². The summed E-state index contributed by atoms with van der Waals surface area (Å²) in [6, 6.07) is 3.73. The van der Waals surface area contributed by atoms with Crippen molar-refractivity contribution in [2.45, 2.75) is 49.1 Å². The van der Waals surface area contributed by atoms with Crippen molar-refractivity contribution in [1.82, 2.24) is 4.90 Å². The first-order valence-corrected chi connectivity index (χ1v) is 11.6. The van der Waals surface area contributed by atoms with Gasteiger partial charge in [-0.05, 0) is 49.3 Å². The fourth-order valence-electron chi connectivity index (χ4n) is 8.76. The summed E-state index contributed by atoms with van der Waals surface area (Å²) in [7, 11) is 2.66. The van der Waals surface area contributed by atoms with E-state index in [2.05, 4.69) is 4.90 Å². The second-order valence-corrected chi connectivity index (χ2v) is 10.3. The number of carbonyl (C=O) groups is 3. The maximum absolute atomic E-state index is 13.9. The normalized spacial score (nSPS) is 39.2. The predicted octanol–water partition coefficient (Wildman–Crippen LogP) is 2.00. The van der Waals surface area contributed by atoms with Crippen LogP contribution in [0.15, 0.2) is 12.1 Å². The number of anilines is 1. The number of amides is 1. The molecule has 9 heteroatoms. The van der Waals surface area contributed by atoms with Gasteiger partial charge in [-0.2, -0.15) is 0 Å². The summed E-state index contributed by atoms with van der Waals surface area (Å²) < 4.78 is 22.2. The Morgan fingerprint density at radius 1 is 1.12 bits per heavy atom. The van der Waals surface area contributed by atoms with Crippen LogP contribution < -0.4 is 14.4 Å². The van der Waals surface area contributed by atoms with Gasteiger partial charge < -0.3 is 18.9 Å². The minimum Gasteiger partial charge on any atom is -0.467 e. The fourth-order valence-corrected chi connectivity index (χ4v) is 8.76. The SMILES string of the molecule is COC(=O)N1c2c(ccc3c2OCO3)C23C4CN5CCCC(CCC12C(=O)OC)(CC4=O)C53. The molecule has 0 N–H and O–H groups in total. The Labute approximate surface area is 190 Å². The topological polar surface area (TPSA) is 94.6 Å². The molecule has 0 radical (unpaired) electrons. The highest BCUT2D eigenvalue weighted by Gasteiger charge is 2.84. The molecule has 6 aliphatic rings. The van der Waals surface area contributed by atoms with Gasteiger partial charge in [0.25, 0.3) is 0 Å². The number of ketones is 1. The average molecular weight is 454 g/mol. The van der Waals surface area contributed by atoms with Gasteiger partial charge in [0.1, 0.15) is 5.78 Å². The molecule has 5 unspecified atom stereocenters. The van der Waals surface area contributed by atoms with Gasteiger partial charge in [-0.15, -0.1) is 0 Å². The summed E-state index contributed by atoms with van der Waals surface area (Å²) in [5, 5.41) is 0. The lowest BCUT2D eigenvalue weighted by molar-refractivity contribution is -0.166. The Morgan fingerprint density at radius 3 is 2.76 bits per heavy atom. The van der Waals surface area contributed by atoms with Crippen molar-refractivity contribution < 1.29 is 33.3 Å². The number of esters is 1. The first-order valence-electron chi connectivity index (χ1n) is 11.6. The maximum atomic E-state index is 13.9. The van der Waals surface area contributed by atoms with Crippen LogP contribution in [-0.2, 0) is 24.5 Å². The van der Waals surface area contributed by atoms with Crippen LogP contribution in [0.3, 0.4) is 0 Å². The van der Waals surface area contributed by atoms with Crippen molar-refractivity contribution in [3.05, 3.63) is 17.7 Å². The highest BCUT2D eigenvalue weighted by molar-refractivity contribution is 6.08. The largest absolute Gasteiger partial charge is 0.467 e. The number of hydrogen-bond donors (Lipinski definition) is 0. The summed E-state index contributed by atoms with van der Waals surface area (Å²) in [6.07, 6.45) is 2.94. The van der Waals surface area contributed by atoms with Crippen LogP contribution in [0.2, 0.25) is 0 Å². The number of carbonyl (C=O) groups excluding carboxylic acids is 3. The number of methoxy groups -OCH3 is 2. The Kier molecular flexibility index (Phi) is 3.57. The van der Waals surface area contributed by atoms with Crippen LogP contribution in [-0.4, -0.2) is 68.4 Å². The summed E-state index contributed by atoms with van der Waals surface area (Å²) in [5.41, 5.74) is -1.22. The van der Waals surface area contributed by atoms with E-state index in [-0.39, 0.29) is 24.0 Å². The lowest BCUT2D eigenvalue weighted by Gasteiger charge is -2.64. The minimum absolute atomic E-state index is 0.0286. The number of hydrogen-bond acceptors (Lipinski definition) is 8. The predicted molar refractivity (Wildman–Crippen MR) is 113 cm³/mol. The van der Waals surface area contributed by atoms with E-state index in [9.17, 15) is 14.4 Å². The Morgan fingerprint density at radius 2 is 1.97 bits per heavy atom. The molecule has 2 aliphatic carbocycles. The molecule has 1 aromatic rings. The van der Waals surface area contributed by atoms with E-state index in [0.29, 0.717) is 43.0 Å². The zero-order valence-electron chi connectivity index (χ0n) is 18.7. The number of rotatable bonds is 1. The molecule has 4 heterocycles. The Hall–Kier alpha value is -2.81. The second-order valence-electron chi connectivity index (χ2n) is 10.3. The molecule has 1 aromatic carbocycles. The van der Waals surface area contributed by atoms with Crippen molar-refractivity contribution in [2.24, 2.45) is 11.3 Å². The van der Waals surface area contributed by atoms with Crippen LogP contribution in [0.4, 0.5) is 10.5 Å². The molecule has 0 aromatic heterocycles. The number of piperidine rings is 1. The third-order valence-electron chi connectivity index (χ3n) is 9.49. The van der Waals surface area contributed by atoms with Crippen molar-refractivity contribution >= 4 is 23.5 Å². The molecular weight excluding hydrogens is 428 g/mol. The molecule has 2 saturated carbocycles. The number of nitrogens with zero attached hydrogens (tertiary/aromatic N) is 2. The summed E-state index contributed by atoms with van der Waals surface area (Å²) in [6.45, 7) is 1.50. The molecule has 1 amide bonds. The number of benzene rings is 1. The lowest BCUT2D eigenvalue weighted by atomic mass is 9.41. The van der Waals surface area contributed by atoms with E-state index in [1.54, 1.807) is 0 Å². The summed E-state index contributed by atoms with van der Waals surface area (Å²) in [5.74, 6) is 0.206. The molecule has 4 bridgehead atoms. The van der Waals surface area contributed by atoms with Crippen LogP contribution in [0.1, 0.15) is 37.7 Å². The summed E-state index contributed by atoms with van der Waals surface area (Å²) in [4.78, 5) is 45.1. The van der Waals surface area contributed by atoms with Gasteiger partial charge in [-0.25, -0.2) is 9.59 Å². The second kappa shape index (κ2) is 6.00. The summed E-state index contributed by atoms with van der Waals surface area (Å²) >= 11 is 0. The van der Waals surface area contributed by atoms with Gasteiger partial charge >= 0.3 is 12.1 Å². The maximum Gasteiger partial charge on any atom is 0.415 e. The molecule has 33 heavy (non-hydrogen) atoms. The van der Waals surface area contributed by atoms with Crippen LogP contribution in [0, 0.1) is 11.3 Å². The van der Waals surface area contributed by atoms with Gasteiger partial charge in [0, 0.05) is 24.9 Å². The van der Waals surface area contributed by atoms with E-state index < -0.39 is 28.9 Å². The quantitative estimate of drug-likeness (QED) is 0.595. The molecular formula is C24H26N2O7. The zero-order chi connectivity index (χ0) is 22.8. The Bertz CT molecular complexity index is 1140. The fraction of sp³-hybridized carbons (Fsp3) is 0.625. The van der Waals surface area contributed by atoms with Crippen molar-refractivity contribution in [3.8, 4) is 11.5 Å². The van der Waals surface area contributed by atoms with E-state index in [0.717, 1.165) is 24.9 Å². The van der Waals surface area contributed by atoms with E-state index in [1.807, 2.05) is 12.1 Å². The third kappa shape index (κ3) is 1.84. The number of ether oxygens (including phenoxy) is 4. The standard InChI is InChI=1S/C24H26N2O7/c1-30-20(28)23-8-7-22-6-3-9-25-11-14(15(27)10-22)24(23,19(22)25)13-4-5-16-18(33-12-32-16)17(13)26(23)21(29)31-2/h4-5,14,19H,3,6-12H2,1-2H3. The van der Waals surface area contributed by atoms with Crippen molar-refractivity contribution in [2.75, 3.05) is 39.0 Å². The van der Waals surface area contributed by atoms with Gasteiger partial charge in [0.15, 0.2) is 17.0 Å². The van der Waals surface area contributed by atoms with Crippen LogP contribution in [0.5, 0.6) is 11.5 Å². The molecule has 5 atom stereocenters. The van der Waals surface area contributed by atoms with Crippen LogP contribution in [0.25, 0.3) is 0 Å². The van der Waals surface area contributed by atoms with Gasteiger partial charge in [-0.3, -0.25) is 14.6 Å². The molecule has 4 fully saturated rings. The average Bonchev–Trinajstić information content (AvgIpc) is 3.49. The number of fused-ring (bicyclic) bond motifs is 3. The van der Waals surface area contributed by atoms with Gasteiger partial charge in [0.2, 0.25) is 6.79 Å². The first kappa shape index (κ1) is 19.6. The molecule has 4 aliphatic heterocycles. The van der Waals surface area contributed by atoms with E-state index in [1.165, 1.54) is 19.1 Å². The first-order chi connectivity index (χ1) is 16.0. The van der Waals surface area contributed by atoms with E-state index >= 15 is 0 Å². The van der Waals surface area contributed by atoms with Gasteiger partial charge in [-0.1, -0.05) is 6.07 Å². The molecule has 9 nitrogen and oxygen atoms in total. The van der Waals surface area contributed by atoms with E-state index in [4.69, 9.17) is 18.9 Å². The Balaban J connectivity index is 1.63. The highest BCUT2D eigenvalue weighted by Crippen LogP contribution is 2.75. The van der Waals surface area contributed by atoms with Gasteiger partial charge in [0.05, 0.1) is 25.3 Å².